The predicted octanol–water partition coefficient (Wildman–Crippen LogP) is 1.20. The normalized spacial score (nSPS) is 15.3. The summed E-state index contributed by atoms with van der Waals surface area (Å²) >= 11 is 1.52. The molecule has 1 aromatic heterocycles. The Kier molecular flexibility index (Phi) is 3.46. The number of carbonyl (C=O) groups excluding carboxylic acids is 1. The van der Waals surface area contributed by atoms with E-state index in [-0.39, 0.29) is 5.97 Å². The number of nitrogens with one attached hydrogen (secondary N) is 1. The van der Waals surface area contributed by atoms with Gasteiger partial charge in [-0.2, -0.15) is 0 Å². The molecule has 3 N–H and O–H groups in total. The lowest BCUT2D eigenvalue weighted by Crippen LogP contribution is -2.17. The summed E-state index contributed by atoms with van der Waals surface area (Å²) in [4.78, 5) is 13.0. The standard InChI is InChI=1S/C11H16N2O2S/c1-2-15-11(14)9-7-3-5-13-6-4-8(7)16-10(9)12/h13H,2-6,12H2,1H3. The molecule has 1 aromatic rings. The maximum atomic E-state index is 11.8. The molecule has 0 aromatic carbocycles. The fourth-order valence-corrected chi connectivity index (χ4v) is 3.07. The van der Waals surface area contributed by atoms with E-state index in [1.807, 2.05) is 0 Å². The number of fused-ring (bicyclic) bond motifs is 1. The summed E-state index contributed by atoms with van der Waals surface area (Å²) in [7, 11) is 0. The van der Waals surface area contributed by atoms with Crippen LogP contribution in [0.15, 0.2) is 0 Å². The lowest BCUT2D eigenvalue weighted by molar-refractivity contribution is 0.0527. The third-order valence-corrected chi connectivity index (χ3v) is 3.80. The monoisotopic (exact) mass is 240 g/mol. The van der Waals surface area contributed by atoms with Crippen LogP contribution in [-0.2, 0) is 17.6 Å². The van der Waals surface area contributed by atoms with Crippen LogP contribution in [0.5, 0.6) is 0 Å². The van der Waals surface area contributed by atoms with Crippen molar-refractivity contribution in [3.05, 3.63) is 16.0 Å². The van der Waals surface area contributed by atoms with Gasteiger partial charge < -0.3 is 15.8 Å². The Hall–Kier alpha value is -1.07. The van der Waals surface area contributed by atoms with Gasteiger partial charge in [0.15, 0.2) is 0 Å². The van der Waals surface area contributed by atoms with E-state index < -0.39 is 0 Å². The van der Waals surface area contributed by atoms with Crippen LogP contribution in [0.3, 0.4) is 0 Å². The fraction of sp³-hybridized carbons (Fsp3) is 0.545. The second-order valence-electron chi connectivity index (χ2n) is 3.71. The average Bonchev–Trinajstić information content (AvgIpc) is 2.43. The fourth-order valence-electron chi connectivity index (χ4n) is 1.97. The molecule has 0 unspecified atom stereocenters. The molecule has 0 saturated carbocycles. The number of hydrogen-bond acceptors (Lipinski definition) is 5. The largest absolute Gasteiger partial charge is 0.462 e. The van der Waals surface area contributed by atoms with Crippen LogP contribution in [0.25, 0.3) is 0 Å². The number of carbonyl (C=O) groups is 1. The van der Waals surface area contributed by atoms with Crippen LogP contribution in [-0.4, -0.2) is 25.7 Å². The Morgan fingerprint density at radius 1 is 1.50 bits per heavy atom. The minimum absolute atomic E-state index is 0.278. The zero-order chi connectivity index (χ0) is 11.5. The molecule has 0 spiro atoms. The van der Waals surface area contributed by atoms with Crippen molar-refractivity contribution >= 4 is 22.3 Å². The Morgan fingerprint density at radius 3 is 3.00 bits per heavy atom. The summed E-state index contributed by atoms with van der Waals surface area (Å²) in [6.45, 7) is 4.05. The van der Waals surface area contributed by atoms with Gasteiger partial charge in [-0.05, 0) is 38.4 Å². The van der Waals surface area contributed by atoms with E-state index in [1.54, 1.807) is 6.92 Å². The first-order valence-corrected chi connectivity index (χ1v) is 6.33. The van der Waals surface area contributed by atoms with E-state index in [0.29, 0.717) is 17.2 Å². The summed E-state index contributed by atoms with van der Waals surface area (Å²) in [6.07, 6.45) is 1.81. The molecular weight excluding hydrogens is 224 g/mol. The van der Waals surface area contributed by atoms with Crippen LogP contribution in [0, 0.1) is 0 Å². The lowest BCUT2D eigenvalue weighted by atomic mass is 10.1. The van der Waals surface area contributed by atoms with Gasteiger partial charge in [-0.1, -0.05) is 0 Å². The SMILES string of the molecule is CCOC(=O)c1c(N)sc2c1CCNCC2. The minimum Gasteiger partial charge on any atom is -0.462 e. The second kappa shape index (κ2) is 4.84. The number of esters is 1. The van der Waals surface area contributed by atoms with Crippen molar-refractivity contribution in [2.24, 2.45) is 0 Å². The number of nitrogens with two attached hydrogens (primary N) is 1. The average molecular weight is 240 g/mol. The predicted molar refractivity (Wildman–Crippen MR) is 65.0 cm³/mol. The quantitative estimate of drug-likeness (QED) is 0.762. The van der Waals surface area contributed by atoms with Crippen LogP contribution in [0.1, 0.15) is 27.7 Å². The minimum atomic E-state index is -0.278. The van der Waals surface area contributed by atoms with Gasteiger partial charge >= 0.3 is 5.97 Å². The molecule has 0 radical (unpaired) electrons. The van der Waals surface area contributed by atoms with Crippen molar-refractivity contribution in [1.82, 2.24) is 5.32 Å². The third-order valence-electron chi connectivity index (χ3n) is 2.68. The molecular formula is C11H16N2O2S. The van der Waals surface area contributed by atoms with Gasteiger partial charge in [0.1, 0.15) is 5.00 Å². The van der Waals surface area contributed by atoms with Crippen LogP contribution < -0.4 is 11.1 Å². The molecule has 2 heterocycles. The molecule has 4 nitrogen and oxygen atoms in total. The molecule has 2 rings (SSSR count). The third kappa shape index (κ3) is 2.05. The van der Waals surface area contributed by atoms with Gasteiger partial charge in [-0.3, -0.25) is 0 Å². The first kappa shape index (κ1) is 11.4. The smallest absolute Gasteiger partial charge is 0.341 e. The Balaban J connectivity index is 2.36. The van der Waals surface area contributed by atoms with E-state index in [0.717, 1.165) is 31.5 Å². The van der Waals surface area contributed by atoms with E-state index in [4.69, 9.17) is 10.5 Å². The van der Waals surface area contributed by atoms with Crippen molar-refractivity contribution in [2.75, 3.05) is 25.4 Å². The van der Waals surface area contributed by atoms with Crippen molar-refractivity contribution in [3.63, 3.8) is 0 Å². The van der Waals surface area contributed by atoms with Crippen LogP contribution in [0.2, 0.25) is 0 Å². The second-order valence-corrected chi connectivity index (χ2v) is 4.85. The highest BCUT2D eigenvalue weighted by Gasteiger charge is 2.23. The number of rotatable bonds is 2. The van der Waals surface area contributed by atoms with Gasteiger partial charge in [-0.15, -0.1) is 11.3 Å². The number of ether oxygens (including phenoxy) is 1. The number of nitrogen functional groups attached to an aromatic ring is 1. The maximum absolute atomic E-state index is 11.8. The molecule has 0 saturated heterocycles. The van der Waals surface area contributed by atoms with Crippen LogP contribution in [0.4, 0.5) is 5.00 Å². The molecule has 1 aliphatic rings. The highest BCUT2D eigenvalue weighted by Crippen LogP contribution is 2.33. The maximum Gasteiger partial charge on any atom is 0.341 e. The topological polar surface area (TPSA) is 64.3 Å². The molecule has 1 aliphatic heterocycles. The zero-order valence-corrected chi connectivity index (χ0v) is 10.2. The highest BCUT2D eigenvalue weighted by atomic mass is 32.1. The first-order valence-electron chi connectivity index (χ1n) is 5.52. The van der Waals surface area contributed by atoms with Gasteiger partial charge in [0.25, 0.3) is 0 Å². The van der Waals surface area contributed by atoms with Crippen LogP contribution >= 0.6 is 11.3 Å². The van der Waals surface area contributed by atoms with Gasteiger partial charge in [0, 0.05) is 4.88 Å². The number of anilines is 1. The van der Waals surface area contributed by atoms with Crippen molar-refractivity contribution in [2.45, 2.75) is 19.8 Å². The van der Waals surface area contributed by atoms with Crippen molar-refractivity contribution in [3.8, 4) is 0 Å². The molecule has 16 heavy (non-hydrogen) atoms. The lowest BCUT2D eigenvalue weighted by Gasteiger charge is -2.04. The van der Waals surface area contributed by atoms with Gasteiger partial charge in [0.2, 0.25) is 0 Å². The number of hydrogen-bond donors (Lipinski definition) is 2. The van der Waals surface area contributed by atoms with E-state index in [2.05, 4.69) is 5.32 Å². The zero-order valence-electron chi connectivity index (χ0n) is 9.34. The summed E-state index contributed by atoms with van der Waals surface area (Å²) in [5, 5.41) is 3.91. The number of thiophene rings is 1. The summed E-state index contributed by atoms with van der Waals surface area (Å²) < 4.78 is 5.04. The highest BCUT2D eigenvalue weighted by molar-refractivity contribution is 7.16. The Bertz CT molecular complexity index is 401. The molecule has 5 heteroatoms. The molecule has 88 valence electrons. The molecule has 0 bridgehead atoms. The summed E-state index contributed by atoms with van der Waals surface area (Å²) in [6, 6.07) is 0. The Morgan fingerprint density at radius 2 is 2.25 bits per heavy atom. The molecule has 0 amide bonds. The summed E-state index contributed by atoms with van der Waals surface area (Å²) in [5.41, 5.74) is 7.59. The van der Waals surface area contributed by atoms with E-state index >= 15 is 0 Å². The molecule has 0 fully saturated rings. The Labute approximate surface area is 98.8 Å². The van der Waals surface area contributed by atoms with E-state index in [1.165, 1.54) is 16.2 Å². The molecule has 0 aliphatic carbocycles. The van der Waals surface area contributed by atoms with Gasteiger partial charge in [0.05, 0.1) is 12.2 Å². The summed E-state index contributed by atoms with van der Waals surface area (Å²) in [5.74, 6) is -0.278. The first-order chi connectivity index (χ1) is 7.74. The van der Waals surface area contributed by atoms with E-state index in [9.17, 15) is 4.79 Å². The van der Waals surface area contributed by atoms with Crippen molar-refractivity contribution in [1.29, 1.82) is 0 Å². The van der Waals surface area contributed by atoms with Crippen molar-refractivity contribution < 1.29 is 9.53 Å². The van der Waals surface area contributed by atoms with Gasteiger partial charge in [-0.25, -0.2) is 4.79 Å². The molecule has 0 atom stereocenters.